The molecule has 1 aliphatic heterocycles. The number of fused-ring (bicyclic) bond motifs is 1. The first-order valence-electron chi connectivity index (χ1n) is 9.37. The Hall–Kier alpha value is -2.90. The van der Waals surface area contributed by atoms with Gasteiger partial charge in [0.15, 0.2) is 0 Å². The predicted octanol–water partition coefficient (Wildman–Crippen LogP) is 3.32. The standard InChI is InChI=1S/C20H18F3N5OS/c21-20(22,23)15-11-30-17-16(15)26-19(27-7-3-6-14(25)10-27)28(18(17)29)9-13-5-2-1-4-12(13)8-24/h1-2,4-5,11,14H,3,6-7,9-10,25H2. The number of thiophene rings is 1. The summed E-state index contributed by atoms with van der Waals surface area (Å²) in [4.78, 5) is 19.3. The van der Waals surface area contributed by atoms with E-state index in [4.69, 9.17) is 5.73 Å². The Morgan fingerprint density at radius 1 is 1.33 bits per heavy atom. The van der Waals surface area contributed by atoms with Crippen molar-refractivity contribution in [3.05, 3.63) is 56.7 Å². The van der Waals surface area contributed by atoms with Crippen molar-refractivity contribution >= 4 is 27.5 Å². The summed E-state index contributed by atoms with van der Waals surface area (Å²) < 4.78 is 41.7. The highest BCUT2D eigenvalue weighted by Crippen LogP contribution is 2.37. The molecular formula is C20H18F3N5OS. The predicted molar refractivity (Wildman–Crippen MR) is 109 cm³/mol. The lowest BCUT2D eigenvalue weighted by atomic mass is 10.1. The van der Waals surface area contributed by atoms with Crippen LogP contribution in [0.25, 0.3) is 10.2 Å². The van der Waals surface area contributed by atoms with Gasteiger partial charge in [0.1, 0.15) is 10.2 Å². The number of benzene rings is 1. The van der Waals surface area contributed by atoms with Gasteiger partial charge in [-0.2, -0.15) is 18.4 Å². The van der Waals surface area contributed by atoms with E-state index in [1.807, 2.05) is 0 Å². The highest BCUT2D eigenvalue weighted by molar-refractivity contribution is 7.17. The van der Waals surface area contributed by atoms with Gasteiger partial charge in [-0.15, -0.1) is 11.3 Å². The maximum atomic E-state index is 13.5. The summed E-state index contributed by atoms with van der Waals surface area (Å²) >= 11 is 0.734. The van der Waals surface area contributed by atoms with Crippen molar-refractivity contribution in [2.45, 2.75) is 31.6 Å². The third kappa shape index (κ3) is 3.66. The number of alkyl halides is 3. The minimum absolute atomic E-state index is 0.0336. The topological polar surface area (TPSA) is 87.9 Å². The van der Waals surface area contributed by atoms with Gasteiger partial charge < -0.3 is 10.6 Å². The van der Waals surface area contributed by atoms with Crippen LogP contribution in [0.4, 0.5) is 19.1 Å². The van der Waals surface area contributed by atoms with Crippen molar-refractivity contribution in [3.8, 4) is 6.07 Å². The molecule has 0 saturated carbocycles. The fourth-order valence-corrected chi connectivity index (χ4v) is 4.66. The van der Waals surface area contributed by atoms with Gasteiger partial charge in [-0.1, -0.05) is 18.2 Å². The van der Waals surface area contributed by atoms with E-state index in [2.05, 4.69) is 11.1 Å². The van der Waals surface area contributed by atoms with E-state index in [1.54, 1.807) is 29.2 Å². The van der Waals surface area contributed by atoms with E-state index < -0.39 is 17.3 Å². The van der Waals surface area contributed by atoms with E-state index in [0.717, 1.165) is 29.6 Å². The molecule has 1 fully saturated rings. The fraction of sp³-hybridized carbons (Fsp3) is 0.350. The van der Waals surface area contributed by atoms with Crippen LogP contribution < -0.4 is 16.2 Å². The molecule has 10 heteroatoms. The van der Waals surface area contributed by atoms with Crippen LogP contribution in [0.3, 0.4) is 0 Å². The molecule has 1 saturated heterocycles. The van der Waals surface area contributed by atoms with Crippen LogP contribution in [-0.2, 0) is 12.7 Å². The quantitative estimate of drug-likeness (QED) is 0.685. The summed E-state index contributed by atoms with van der Waals surface area (Å²) in [5.41, 5.74) is 5.25. The molecule has 0 bridgehead atoms. The van der Waals surface area contributed by atoms with Gasteiger partial charge in [-0.3, -0.25) is 9.36 Å². The van der Waals surface area contributed by atoms with Crippen LogP contribution in [0.2, 0.25) is 0 Å². The number of piperidine rings is 1. The molecule has 0 spiro atoms. The van der Waals surface area contributed by atoms with Crippen molar-refractivity contribution in [3.63, 3.8) is 0 Å². The van der Waals surface area contributed by atoms with Gasteiger partial charge in [-0.25, -0.2) is 4.98 Å². The van der Waals surface area contributed by atoms with E-state index in [-0.39, 0.29) is 28.8 Å². The lowest BCUT2D eigenvalue weighted by molar-refractivity contribution is -0.136. The average Bonchev–Trinajstić information content (AvgIpc) is 3.15. The molecule has 30 heavy (non-hydrogen) atoms. The SMILES string of the molecule is N#Cc1ccccc1Cn1c(N2CCCC(N)C2)nc2c(C(F)(F)F)csc2c1=O. The van der Waals surface area contributed by atoms with Gasteiger partial charge in [0, 0.05) is 24.5 Å². The normalized spacial score (nSPS) is 17.3. The van der Waals surface area contributed by atoms with Crippen molar-refractivity contribution in [1.29, 1.82) is 5.26 Å². The zero-order valence-corrected chi connectivity index (χ0v) is 16.6. The van der Waals surface area contributed by atoms with E-state index in [0.29, 0.717) is 24.2 Å². The molecule has 1 aromatic carbocycles. The second kappa shape index (κ2) is 7.74. The van der Waals surface area contributed by atoms with Crippen LogP contribution in [0, 0.1) is 11.3 Å². The van der Waals surface area contributed by atoms with Gasteiger partial charge in [0.2, 0.25) is 5.95 Å². The number of rotatable bonds is 3. The largest absolute Gasteiger partial charge is 0.419 e. The Bertz CT molecular complexity index is 1190. The zero-order valence-electron chi connectivity index (χ0n) is 15.8. The number of hydrogen-bond donors (Lipinski definition) is 1. The minimum atomic E-state index is -4.60. The van der Waals surface area contributed by atoms with E-state index >= 15 is 0 Å². The minimum Gasteiger partial charge on any atom is -0.341 e. The number of anilines is 1. The smallest absolute Gasteiger partial charge is 0.341 e. The van der Waals surface area contributed by atoms with E-state index in [9.17, 15) is 23.2 Å². The van der Waals surface area contributed by atoms with Crippen LogP contribution >= 0.6 is 11.3 Å². The number of hydrogen-bond acceptors (Lipinski definition) is 6. The number of nitrogens with zero attached hydrogens (tertiary/aromatic N) is 4. The Morgan fingerprint density at radius 3 is 2.80 bits per heavy atom. The molecule has 6 nitrogen and oxygen atoms in total. The average molecular weight is 433 g/mol. The van der Waals surface area contributed by atoms with Crippen molar-refractivity contribution in [2.75, 3.05) is 18.0 Å². The molecule has 0 aliphatic carbocycles. The first kappa shape index (κ1) is 20.4. The Kier molecular flexibility index (Phi) is 5.26. The van der Waals surface area contributed by atoms with Gasteiger partial charge in [0.25, 0.3) is 5.56 Å². The highest BCUT2D eigenvalue weighted by atomic mass is 32.1. The number of nitriles is 1. The molecule has 3 heterocycles. The summed E-state index contributed by atoms with van der Waals surface area (Å²) in [5.74, 6) is 0.152. The highest BCUT2D eigenvalue weighted by Gasteiger charge is 2.36. The molecule has 0 amide bonds. The molecule has 1 aliphatic rings. The third-order valence-corrected chi connectivity index (χ3v) is 6.13. The lowest BCUT2D eigenvalue weighted by Gasteiger charge is -2.33. The Balaban J connectivity index is 1.93. The molecule has 0 radical (unpaired) electrons. The fourth-order valence-electron chi connectivity index (χ4n) is 3.70. The molecule has 1 atom stereocenters. The van der Waals surface area contributed by atoms with Crippen LogP contribution in [0.15, 0.2) is 34.4 Å². The van der Waals surface area contributed by atoms with Crippen molar-refractivity contribution in [2.24, 2.45) is 5.73 Å². The summed E-state index contributed by atoms with van der Waals surface area (Å²) in [6.07, 6.45) is -3.06. The number of halogens is 3. The van der Waals surface area contributed by atoms with Crippen LogP contribution in [-0.4, -0.2) is 28.7 Å². The molecule has 2 aromatic heterocycles. The Morgan fingerprint density at radius 2 is 2.10 bits per heavy atom. The summed E-state index contributed by atoms with van der Waals surface area (Å²) in [7, 11) is 0. The monoisotopic (exact) mass is 433 g/mol. The summed E-state index contributed by atoms with van der Waals surface area (Å²) in [5, 5.41) is 10.3. The molecule has 1 unspecified atom stereocenters. The van der Waals surface area contributed by atoms with Gasteiger partial charge >= 0.3 is 6.18 Å². The first-order valence-corrected chi connectivity index (χ1v) is 10.3. The molecule has 3 aromatic rings. The number of nitrogens with two attached hydrogens (primary N) is 1. The summed E-state index contributed by atoms with van der Waals surface area (Å²) in [6.45, 7) is 0.964. The van der Waals surface area contributed by atoms with Gasteiger partial charge in [-0.05, 0) is 24.5 Å². The molecule has 156 valence electrons. The first-order chi connectivity index (χ1) is 14.3. The zero-order chi connectivity index (χ0) is 21.5. The second-order valence-corrected chi connectivity index (χ2v) is 8.12. The number of aromatic nitrogens is 2. The van der Waals surface area contributed by atoms with E-state index in [1.165, 1.54) is 4.57 Å². The molecular weight excluding hydrogens is 415 g/mol. The maximum Gasteiger partial charge on any atom is 0.419 e. The molecule has 4 rings (SSSR count). The molecule has 2 N–H and O–H groups in total. The third-order valence-electron chi connectivity index (χ3n) is 5.17. The maximum absolute atomic E-state index is 13.5. The summed E-state index contributed by atoms with van der Waals surface area (Å²) in [6, 6.07) is 8.74. The van der Waals surface area contributed by atoms with Gasteiger partial charge in [0.05, 0.1) is 23.7 Å². The second-order valence-electron chi connectivity index (χ2n) is 7.25. The Labute approximate surface area is 174 Å². The van der Waals surface area contributed by atoms with Crippen LogP contribution in [0.5, 0.6) is 0 Å². The lowest BCUT2D eigenvalue weighted by Crippen LogP contribution is -2.45. The van der Waals surface area contributed by atoms with Crippen molar-refractivity contribution < 1.29 is 13.2 Å². The van der Waals surface area contributed by atoms with Crippen molar-refractivity contribution in [1.82, 2.24) is 9.55 Å². The van der Waals surface area contributed by atoms with Crippen LogP contribution in [0.1, 0.15) is 29.5 Å².